The number of fused-ring (bicyclic) bond motifs is 2. The van der Waals surface area contributed by atoms with Crippen LogP contribution in [0.3, 0.4) is 0 Å². The van der Waals surface area contributed by atoms with Crippen LogP contribution in [0.15, 0.2) is 48.7 Å². The zero-order chi connectivity index (χ0) is 26.4. The molecule has 4 rings (SSSR count). The highest BCUT2D eigenvalue weighted by atomic mass is 35.5. The minimum atomic E-state index is -0.679. The second-order valence-corrected chi connectivity index (χ2v) is 9.67. The highest BCUT2D eigenvalue weighted by molar-refractivity contribution is 6.33. The van der Waals surface area contributed by atoms with Crippen LogP contribution < -0.4 is 21.7 Å². The van der Waals surface area contributed by atoms with E-state index in [1.54, 1.807) is 6.07 Å². The number of hydrogen-bond donors (Lipinski definition) is 4. The number of amides is 2. The van der Waals surface area contributed by atoms with Crippen LogP contribution in [0.25, 0.3) is 5.69 Å². The van der Waals surface area contributed by atoms with E-state index in [2.05, 4.69) is 21.0 Å². The Morgan fingerprint density at radius 1 is 1.18 bits per heavy atom. The number of carbonyl (C=O) groups is 2. The van der Waals surface area contributed by atoms with Crippen molar-refractivity contribution in [2.75, 3.05) is 18.4 Å². The van der Waals surface area contributed by atoms with Crippen molar-refractivity contribution < 1.29 is 14.0 Å². The topological polar surface area (TPSA) is 114 Å². The first-order valence-electron chi connectivity index (χ1n) is 12.2. The number of nitrogens with two attached hydrogens (primary N) is 1. The molecule has 8 nitrogen and oxygen atoms in total. The summed E-state index contributed by atoms with van der Waals surface area (Å²) in [6, 6.07) is 11.3. The van der Waals surface area contributed by atoms with Gasteiger partial charge in [0.1, 0.15) is 16.9 Å². The maximum Gasteiger partial charge on any atom is 0.256 e. The SMILES string of the molecule is Cl.NCC[C@@H]1Nc2cccc(c2)[C@@H](NC(=O)c2cnn(-c3cccc(Cl)c3F)c2Cl)CCCCCNC1=O. The number of carbonyl (C=O) groups excluding carboxylic acids is 2. The summed E-state index contributed by atoms with van der Waals surface area (Å²) < 4.78 is 15.7. The van der Waals surface area contributed by atoms with Crippen molar-refractivity contribution >= 4 is 53.1 Å². The zero-order valence-corrected chi connectivity index (χ0v) is 22.9. The van der Waals surface area contributed by atoms with Crippen molar-refractivity contribution in [2.24, 2.45) is 5.73 Å². The van der Waals surface area contributed by atoms with Crippen LogP contribution in [0.5, 0.6) is 0 Å². The third-order valence-corrected chi connectivity index (χ3v) is 6.95. The van der Waals surface area contributed by atoms with Crippen molar-refractivity contribution in [3.63, 3.8) is 0 Å². The van der Waals surface area contributed by atoms with Crippen LogP contribution in [-0.2, 0) is 4.79 Å². The third kappa shape index (κ3) is 6.96. The van der Waals surface area contributed by atoms with Gasteiger partial charge in [0.05, 0.1) is 22.8 Å². The normalized spacial score (nSPS) is 18.1. The Kier molecular flexibility index (Phi) is 10.8. The summed E-state index contributed by atoms with van der Waals surface area (Å²) in [5.41, 5.74) is 7.54. The van der Waals surface area contributed by atoms with Gasteiger partial charge >= 0.3 is 0 Å². The van der Waals surface area contributed by atoms with Crippen molar-refractivity contribution in [3.05, 3.63) is 75.8 Å². The van der Waals surface area contributed by atoms with Crippen LogP contribution in [0.1, 0.15) is 54.1 Å². The fourth-order valence-electron chi connectivity index (χ4n) is 4.33. The van der Waals surface area contributed by atoms with Crippen LogP contribution in [-0.4, -0.2) is 40.7 Å². The van der Waals surface area contributed by atoms with Gasteiger partial charge in [0.2, 0.25) is 5.91 Å². The molecule has 0 saturated carbocycles. The number of anilines is 1. The molecule has 204 valence electrons. The van der Waals surface area contributed by atoms with E-state index in [0.717, 1.165) is 35.2 Å². The summed E-state index contributed by atoms with van der Waals surface area (Å²) in [6.45, 7) is 0.946. The number of rotatable bonds is 5. The van der Waals surface area contributed by atoms with E-state index in [0.29, 0.717) is 25.9 Å². The van der Waals surface area contributed by atoms with Crippen molar-refractivity contribution in [3.8, 4) is 5.69 Å². The van der Waals surface area contributed by atoms with Crippen LogP contribution in [0, 0.1) is 5.82 Å². The molecule has 0 fully saturated rings. The van der Waals surface area contributed by atoms with Gasteiger partial charge in [-0.2, -0.15) is 5.10 Å². The van der Waals surface area contributed by atoms with E-state index in [4.69, 9.17) is 28.9 Å². The molecule has 2 heterocycles. The average Bonchev–Trinajstić information content (AvgIpc) is 3.27. The molecule has 2 amide bonds. The van der Waals surface area contributed by atoms with Gasteiger partial charge in [0.15, 0.2) is 5.82 Å². The molecule has 12 heteroatoms. The van der Waals surface area contributed by atoms with Crippen LogP contribution in [0.4, 0.5) is 10.1 Å². The first-order chi connectivity index (χ1) is 17.9. The molecule has 0 aliphatic carbocycles. The molecule has 2 atom stereocenters. The van der Waals surface area contributed by atoms with Gasteiger partial charge in [-0.15, -0.1) is 12.4 Å². The van der Waals surface area contributed by atoms with Gasteiger partial charge < -0.3 is 21.7 Å². The van der Waals surface area contributed by atoms with E-state index in [1.165, 1.54) is 18.3 Å². The first kappa shape index (κ1) is 29.7. The maximum atomic E-state index is 14.5. The molecule has 1 aliphatic heterocycles. The van der Waals surface area contributed by atoms with E-state index in [1.807, 2.05) is 24.3 Å². The quantitative estimate of drug-likeness (QED) is 0.336. The Labute approximate surface area is 236 Å². The Bertz CT molecular complexity index is 1270. The Balaban J connectivity index is 0.00000400. The average molecular weight is 584 g/mol. The number of halogens is 4. The van der Waals surface area contributed by atoms with Gasteiger partial charge in [0.25, 0.3) is 5.91 Å². The largest absolute Gasteiger partial charge is 0.374 e. The lowest BCUT2D eigenvalue weighted by atomic mass is 9.99. The molecule has 0 unspecified atom stereocenters. The molecule has 38 heavy (non-hydrogen) atoms. The van der Waals surface area contributed by atoms with Crippen molar-refractivity contribution in [1.29, 1.82) is 0 Å². The van der Waals surface area contributed by atoms with Crippen LogP contribution in [0.2, 0.25) is 10.2 Å². The summed E-state index contributed by atoms with van der Waals surface area (Å²) in [4.78, 5) is 25.9. The van der Waals surface area contributed by atoms with E-state index in [9.17, 15) is 14.0 Å². The molecular weight excluding hydrogens is 554 g/mol. The Hall–Kier alpha value is -2.85. The minimum absolute atomic E-state index is 0. The predicted octanol–water partition coefficient (Wildman–Crippen LogP) is 5.03. The first-order valence-corrected chi connectivity index (χ1v) is 13.0. The Morgan fingerprint density at radius 2 is 1.97 bits per heavy atom. The van der Waals surface area contributed by atoms with Crippen molar-refractivity contribution in [2.45, 2.75) is 44.2 Å². The van der Waals surface area contributed by atoms with Crippen LogP contribution >= 0.6 is 35.6 Å². The number of aromatic nitrogens is 2. The monoisotopic (exact) mass is 582 g/mol. The predicted molar refractivity (Wildman–Crippen MR) is 150 cm³/mol. The molecule has 2 aromatic carbocycles. The highest BCUT2D eigenvalue weighted by Crippen LogP contribution is 2.28. The summed E-state index contributed by atoms with van der Waals surface area (Å²) in [5, 5.41) is 13.3. The van der Waals surface area contributed by atoms with E-state index >= 15 is 0 Å². The summed E-state index contributed by atoms with van der Waals surface area (Å²) >= 11 is 12.4. The molecule has 2 bridgehead atoms. The molecule has 0 radical (unpaired) electrons. The molecule has 3 aromatic rings. The molecule has 1 aromatic heterocycles. The molecule has 0 saturated heterocycles. The lowest BCUT2D eigenvalue weighted by molar-refractivity contribution is -0.121. The molecule has 1 aliphatic rings. The zero-order valence-electron chi connectivity index (χ0n) is 20.6. The standard InChI is InChI=1S/C26H29Cl2FN6O2.ClH/c27-19-8-5-10-22(23(19)29)35-24(28)18(15-32-35)25(36)34-20-9-2-1-3-13-31-26(37)21(11-12-30)33-17-7-4-6-16(20)14-17;/h4-8,10,14-15,20-21,33H,1-3,9,11-13,30H2,(H,31,37)(H,34,36);1H/t20-,21-;/m0./s1. The highest BCUT2D eigenvalue weighted by Gasteiger charge is 2.24. The third-order valence-electron chi connectivity index (χ3n) is 6.29. The van der Waals surface area contributed by atoms with Gasteiger partial charge in [-0.3, -0.25) is 9.59 Å². The Morgan fingerprint density at radius 3 is 2.76 bits per heavy atom. The molecule has 5 N–H and O–H groups in total. The van der Waals surface area contributed by atoms with E-state index in [-0.39, 0.29) is 45.8 Å². The smallest absolute Gasteiger partial charge is 0.256 e. The molecular formula is C26H30Cl3FN6O2. The number of nitrogens with one attached hydrogen (secondary N) is 3. The van der Waals surface area contributed by atoms with E-state index < -0.39 is 17.8 Å². The number of nitrogens with zero attached hydrogens (tertiary/aromatic N) is 2. The fraction of sp³-hybridized carbons (Fsp3) is 0.346. The summed E-state index contributed by atoms with van der Waals surface area (Å²) in [6.07, 6.45) is 5.03. The summed E-state index contributed by atoms with van der Waals surface area (Å²) in [5.74, 6) is -1.19. The maximum absolute atomic E-state index is 14.5. The van der Waals surface area contributed by atoms with Gasteiger partial charge in [-0.05, 0) is 55.6 Å². The number of benzene rings is 2. The second-order valence-electron chi connectivity index (χ2n) is 8.90. The second kappa shape index (κ2) is 13.8. The van der Waals surface area contributed by atoms with Gasteiger partial charge in [-0.25, -0.2) is 9.07 Å². The van der Waals surface area contributed by atoms with Crippen molar-refractivity contribution in [1.82, 2.24) is 20.4 Å². The van der Waals surface area contributed by atoms with Gasteiger partial charge in [0, 0.05) is 12.2 Å². The molecule has 0 spiro atoms. The number of hydrogen-bond acceptors (Lipinski definition) is 5. The lowest BCUT2D eigenvalue weighted by Gasteiger charge is -2.21. The lowest BCUT2D eigenvalue weighted by Crippen LogP contribution is -2.41. The summed E-state index contributed by atoms with van der Waals surface area (Å²) in [7, 11) is 0. The fourth-order valence-corrected chi connectivity index (χ4v) is 4.77. The van der Waals surface area contributed by atoms with Gasteiger partial charge in [-0.1, -0.05) is 54.2 Å². The minimum Gasteiger partial charge on any atom is -0.374 e.